The number of aliphatic hydroxyl groups is 1. The van der Waals surface area contributed by atoms with Crippen molar-refractivity contribution >= 4 is 17.3 Å². The summed E-state index contributed by atoms with van der Waals surface area (Å²) < 4.78 is 7.38. The van der Waals surface area contributed by atoms with Gasteiger partial charge in [-0.1, -0.05) is 30.3 Å². The van der Waals surface area contributed by atoms with Gasteiger partial charge >= 0.3 is 6.09 Å². The topological polar surface area (TPSA) is 80.5 Å². The van der Waals surface area contributed by atoms with E-state index in [9.17, 15) is 9.90 Å². The van der Waals surface area contributed by atoms with Gasteiger partial charge in [-0.05, 0) is 30.0 Å². The quantitative estimate of drug-likeness (QED) is 0.751. The third-order valence-electron chi connectivity index (χ3n) is 4.91. The minimum atomic E-state index is -0.280. The lowest BCUT2D eigenvalue weighted by Gasteiger charge is -2.17. The molecule has 0 unspecified atom stereocenters. The van der Waals surface area contributed by atoms with Gasteiger partial charge in [-0.2, -0.15) is 0 Å². The van der Waals surface area contributed by atoms with Crippen molar-refractivity contribution in [1.82, 2.24) is 19.4 Å². The molecule has 3 heterocycles. The fourth-order valence-corrected chi connectivity index (χ4v) is 3.53. The number of carbonyl (C=O) groups excluding carboxylic acids is 1. The van der Waals surface area contributed by atoms with Gasteiger partial charge in [-0.25, -0.2) is 14.8 Å². The number of benzene rings is 1. The van der Waals surface area contributed by atoms with Gasteiger partial charge in [0, 0.05) is 25.8 Å². The summed E-state index contributed by atoms with van der Waals surface area (Å²) in [5.41, 5.74) is 2.52. The molecule has 27 heavy (non-hydrogen) atoms. The van der Waals surface area contributed by atoms with Crippen molar-refractivity contribution in [3.63, 3.8) is 0 Å². The van der Waals surface area contributed by atoms with Crippen LogP contribution in [0.15, 0.2) is 48.7 Å². The maximum Gasteiger partial charge on any atom is 0.410 e. The largest absolute Gasteiger partial charge is 0.445 e. The second-order valence-electron chi connectivity index (χ2n) is 6.78. The van der Waals surface area contributed by atoms with Gasteiger partial charge < -0.3 is 19.3 Å². The summed E-state index contributed by atoms with van der Waals surface area (Å²) in [6, 6.07) is 13.4. The molecule has 1 aliphatic rings. The van der Waals surface area contributed by atoms with Crippen LogP contribution in [0.1, 0.15) is 17.8 Å². The highest BCUT2D eigenvalue weighted by Crippen LogP contribution is 2.23. The number of aliphatic hydroxyl groups excluding tert-OH is 1. The Morgan fingerprint density at radius 2 is 2.07 bits per heavy atom. The van der Waals surface area contributed by atoms with Gasteiger partial charge in [0.15, 0.2) is 5.65 Å². The number of rotatable bonds is 5. The van der Waals surface area contributed by atoms with Crippen molar-refractivity contribution in [2.45, 2.75) is 26.2 Å². The molecule has 0 saturated carbocycles. The van der Waals surface area contributed by atoms with Gasteiger partial charge in [0.25, 0.3) is 0 Å². The summed E-state index contributed by atoms with van der Waals surface area (Å²) in [6.07, 6.45) is 2.33. The molecule has 1 amide bonds. The minimum absolute atomic E-state index is 0.133. The van der Waals surface area contributed by atoms with Crippen LogP contribution in [0.2, 0.25) is 0 Å². The van der Waals surface area contributed by atoms with E-state index in [0.717, 1.165) is 23.1 Å². The normalized spacial score (nSPS) is 16.8. The summed E-state index contributed by atoms with van der Waals surface area (Å²) in [5.74, 6) is 0.882. The van der Waals surface area contributed by atoms with Gasteiger partial charge in [-0.15, -0.1) is 0 Å². The lowest BCUT2D eigenvalue weighted by atomic mass is 10.1. The smallest absolute Gasteiger partial charge is 0.410 e. The fourth-order valence-electron chi connectivity index (χ4n) is 3.53. The van der Waals surface area contributed by atoms with E-state index in [-0.39, 0.29) is 25.2 Å². The first-order chi connectivity index (χ1) is 13.2. The lowest BCUT2D eigenvalue weighted by Crippen LogP contribution is -2.30. The third-order valence-corrected chi connectivity index (χ3v) is 4.91. The summed E-state index contributed by atoms with van der Waals surface area (Å²) in [6.45, 7) is 2.13. The number of pyridine rings is 1. The molecule has 2 aromatic heterocycles. The maximum absolute atomic E-state index is 12.3. The molecule has 4 rings (SSSR count). The molecule has 0 spiro atoms. The SMILES string of the molecule is O=C(OCc1ccccc1)N1CC[C@H](Cn2c(CO)nc3cccnc32)C1. The van der Waals surface area contributed by atoms with Gasteiger partial charge in [-0.3, -0.25) is 0 Å². The zero-order valence-corrected chi connectivity index (χ0v) is 15.0. The van der Waals surface area contributed by atoms with E-state index in [1.54, 1.807) is 11.1 Å². The minimum Gasteiger partial charge on any atom is -0.445 e. The molecule has 1 fully saturated rings. The van der Waals surface area contributed by atoms with E-state index >= 15 is 0 Å². The van der Waals surface area contributed by atoms with Gasteiger partial charge in [0.2, 0.25) is 0 Å². The Bertz CT molecular complexity index is 925. The van der Waals surface area contributed by atoms with Crippen molar-refractivity contribution < 1.29 is 14.6 Å². The van der Waals surface area contributed by atoms with Crippen LogP contribution in [0, 0.1) is 5.92 Å². The molecule has 1 atom stereocenters. The van der Waals surface area contributed by atoms with E-state index in [2.05, 4.69) is 9.97 Å². The Balaban J connectivity index is 1.38. The van der Waals surface area contributed by atoms with Crippen LogP contribution in [0.5, 0.6) is 0 Å². The monoisotopic (exact) mass is 366 g/mol. The number of hydrogen-bond donors (Lipinski definition) is 1. The average Bonchev–Trinajstić information content (AvgIpc) is 3.32. The number of carbonyl (C=O) groups is 1. The molecule has 1 aromatic carbocycles. The molecular formula is C20H22N4O3. The van der Waals surface area contributed by atoms with Crippen molar-refractivity contribution in [1.29, 1.82) is 0 Å². The van der Waals surface area contributed by atoms with E-state index in [4.69, 9.17) is 4.74 Å². The van der Waals surface area contributed by atoms with Crippen LogP contribution >= 0.6 is 0 Å². The molecular weight excluding hydrogens is 344 g/mol. The van der Waals surface area contributed by atoms with E-state index < -0.39 is 0 Å². The predicted molar refractivity (Wildman–Crippen MR) is 99.8 cm³/mol. The van der Waals surface area contributed by atoms with Crippen LogP contribution in [-0.2, 0) is 24.5 Å². The first kappa shape index (κ1) is 17.5. The van der Waals surface area contributed by atoms with Gasteiger partial charge in [0.05, 0.1) is 0 Å². The molecule has 0 aliphatic carbocycles. The molecule has 1 aliphatic heterocycles. The van der Waals surface area contributed by atoms with Crippen LogP contribution in [0.3, 0.4) is 0 Å². The highest BCUT2D eigenvalue weighted by atomic mass is 16.6. The zero-order chi connectivity index (χ0) is 18.6. The molecule has 1 saturated heterocycles. The van der Waals surface area contributed by atoms with Crippen molar-refractivity contribution in [2.24, 2.45) is 5.92 Å². The molecule has 0 bridgehead atoms. The first-order valence-electron chi connectivity index (χ1n) is 9.11. The maximum atomic E-state index is 12.3. The molecule has 0 radical (unpaired) electrons. The first-order valence-corrected chi connectivity index (χ1v) is 9.11. The lowest BCUT2D eigenvalue weighted by molar-refractivity contribution is 0.103. The number of nitrogens with zero attached hydrogens (tertiary/aromatic N) is 4. The highest BCUT2D eigenvalue weighted by molar-refractivity contribution is 5.71. The van der Waals surface area contributed by atoms with E-state index in [1.807, 2.05) is 47.0 Å². The van der Waals surface area contributed by atoms with Gasteiger partial charge in [0.1, 0.15) is 24.6 Å². The predicted octanol–water partition coefficient (Wildman–Crippen LogP) is 2.58. The van der Waals surface area contributed by atoms with E-state index in [1.165, 1.54) is 0 Å². The van der Waals surface area contributed by atoms with Crippen LogP contribution in [0.25, 0.3) is 11.2 Å². The van der Waals surface area contributed by atoms with Crippen molar-refractivity contribution in [2.75, 3.05) is 13.1 Å². The standard InChI is InChI=1S/C20H22N4O3/c25-13-18-22-17-7-4-9-21-19(17)24(18)12-16-8-10-23(11-16)20(26)27-14-15-5-2-1-3-6-15/h1-7,9,16,25H,8,10-14H2/t16-/m0/s1. The Morgan fingerprint density at radius 3 is 2.89 bits per heavy atom. The second kappa shape index (κ2) is 7.75. The Hall–Kier alpha value is -2.93. The number of imidazole rings is 1. The molecule has 3 aromatic rings. The summed E-state index contributed by atoms with van der Waals surface area (Å²) in [7, 11) is 0. The summed E-state index contributed by atoms with van der Waals surface area (Å²) in [4.78, 5) is 22.9. The number of fused-ring (bicyclic) bond motifs is 1. The number of aromatic nitrogens is 3. The highest BCUT2D eigenvalue weighted by Gasteiger charge is 2.28. The summed E-state index contributed by atoms with van der Waals surface area (Å²) in [5, 5.41) is 9.62. The number of ether oxygens (including phenoxy) is 1. The zero-order valence-electron chi connectivity index (χ0n) is 15.0. The van der Waals surface area contributed by atoms with Crippen molar-refractivity contribution in [3.8, 4) is 0 Å². The molecule has 7 heteroatoms. The Kier molecular flexibility index (Phi) is 5.02. The van der Waals surface area contributed by atoms with Crippen molar-refractivity contribution in [3.05, 3.63) is 60.0 Å². The number of likely N-dealkylation sites (tertiary alicyclic amines) is 1. The fraction of sp³-hybridized carbons (Fsp3) is 0.350. The molecule has 140 valence electrons. The van der Waals surface area contributed by atoms with Crippen LogP contribution in [0.4, 0.5) is 4.79 Å². The summed E-state index contributed by atoms with van der Waals surface area (Å²) >= 11 is 0. The number of hydrogen-bond acceptors (Lipinski definition) is 5. The molecule has 7 nitrogen and oxygen atoms in total. The second-order valence-corrected chi connectivity index (χ2v) is 6.78. The van der Waals surface area contributed by atoms with Crippen LogP contribution < -0.4 is 0 Å². The number of amides is 1. The van der Waals surface area contributed by atoms with Crippen LogP contribution in [-0.4, -0.2) is 43.7 Å². The molecule has 1 N–H and O–H groups in total. The third kappa shape index (κ3) is 3.78. The average molecular weight is 366 g/mol. The Morgan fingerprint density at radius 1 is 1.22 bits per heavy atom. The van der Waals surface area contributed by atoms with E-state index in [0.29, 0.717) is 25.5 Å². The Labute approximate surface area is 157 Å².